The molecule has 1 fully saturated rings. The molecule has 2 rings (SSSR count). The molecule has 0 radical (unpaired) electrons. The Kier molecular flexibility index (Phi) is 4.59. The van der Waals surface area contributed by atoms with Crippen LogP contribution in [-0.4, -0.2) is 11.7 Å². The van der Waals surface area contributed by atoms with Crippen molar-refractivity contribution >= 4 is 23.3 Å². The lowest BCUT2D eigenvalue weighted by atomic mass is 9.80. The fourth-order valence-electron chi connectivity index (χ4n) is 2.67. The first-order valence-corrected chi connectivity index (χ1v) is 7.01. The molecule has 2 atom stereocenters. The molecule has 1 aromatic rings. The number of benzene rings is 1. The second-order valence-electron chi connectivity index (χ2n) is 5.05. The van der Waals surface area contributed by atoms with E-state index in [1.165, 1.54) is 6.92 Å². The first kappa shape index (κ1) is 14.1. The molecule has 1 aromatic carbocycles. The van der Waals surface area contributed by atoms with Crippen molar-refractivity contribution in [3.8, 4) is 0 Å². The number of nitrogens with one attached hydrogen (secondary N) is 1. The molecule has 1 aliphatic rings. The molecule has 1 N–H and O–H groups in total. The van der Waals surface area contributed by atoms with Gasteiger partial charge in [0.2, 0.25) is 5.91 Å². The number of carbonyl (C=O) groups excluding carboxylic acids is 2. The molecule has 102 valence electrons. The second-order valence-corrected chi connectivity index (χ2v) is 5.48. The summed E-state index contributed by atoms with van der Waals surface area (Å²) >= 11 is 5.88. The molecular formula is C15H18ClNO2. The van der Waals surface area contributed by atoms with E-state index in [9.17, 15) is 9.59 Å². The van der Waals surface area contributed by atoms with Crippen LogP contribution in [0.2, 0.25) is 5.02 Å². The van der Waals surface area contributed by atoms with Crippen LogP contribution in [0.3, 0.4) is 0 Å². The molecule has 0 heterocycles. The minimum atomic E-state index is -0.234. The number of amides is 1. The molecule has 1 amide bonds. The lowest BCUT2D eigenvalue weighted by molar-refractivity contribution is -0.126. The minimum Gasteiger partial charge on any atom is -0.349 e. The number of halogens is 1. The van der Waals surface area contributed by atoms with Gasteiger partial charge in [-0.1, -0.05) is 30.2 Å². The number of ketones is 1. The van der Waals surface area contributed by atoms with Crippen molar-refractivity contribution in [1.29, 1.82) is 0 Å². The van der Waals surface area contributed by atoms with Crippen LogP contribution in [0, 0.1) is 5.92 Å². The van der Waals surface area contributed by atoms with Crippen LogP contribution in [0.4, 0.5) is 0 Å². The van der Waals surface area contributed by atoms with Crippen molar-refractivity contribution < 1.29 is 9.59 Å². The standard InChI is InChI=1S/C15H18ClNO2/c1-10(18)17-15(11-6-8-12(16)9-7-11)13-4-2-3-5-14(13)19/h6-9,13,15H,2-5H2,1H3,(H,17,18)/t13-,15+/m1/s1. The molecule has 0 spiro atoms. The molecule has 0 bridgehead atoms. The molecule has 0 aromatic heterocycles. The SMILES string of the molecule is CC(=O)N[C@@H](c1ccc(Cl)cc1)[C@@H]1CCCCC1=O. The number of hydrogen-bond donors (Lipinski definition) is 1. The van der Waals surface area contributed by atoms with Crippen LogP contribution in [0.25, 0.3) is 0 Å². The Morgan fingerprint density at radius 3 is 2.58 bits per heavy atom. The van der Waals surface area contributed by atoms with Crippen molar-refractivity contribution in [2.75, 3.05) is 0 Å². The highest BCUT2D eigenvalue weighted by Crippen LogP contribution is 2.32. The van der Waals surface area contributed by atoms with Crippen molar-refractivity contribution in [2.24, 2.45) is 5.92 Å². The maximum Gasteiger partial charge on any atom is 0.217 e. The Morgan fingerprint density at radius 1 is 1.32 bits per heavy atom. The Labute approximate surface area is 118 Å². The van der Waals surface area contributed by atoms with Gasteiger partial charge in [0.1, 0.15) is 5.78 Å². The summed E-state index contributed by atoms with van der Waals surface area (Å²) in [5, 5.41) is 3.57. The maximum atomic E-state index is 12.1. The van der Waals surface area contributed by atoms with E-state index in [4.69, 9.17) is 11.6 Å². The highest BCUT2D eigenvalue weighted by atomic mass is 35.5. The van der Waals surface area contributed by atoms with Crippen LogP contribution < -0.4 is 5.32 Å². The topological polar surface area (TPSA) is 46.2 Å². The first-order chi connectivity index (χ1) is 9.08. The number of hydrogen-bond acceptors (Lipinski definition) is 2. The van der Waals surface area contributed by atoms with E-state index >= 15 is 0 Å². The molecule has 19 heavy (non-hydrogen) atoms. The molecule has 1 aliphatic carbocycles. The normalized spacial score (nSPS) is 20.9. The first-order valence-electron chi connectivity index (χ1n) is 6.63. The van der Waals surface area contributed by atoms with Crippen LogP contribution in [0.15, 0.2) is 24.3 Å². The van der Waals surface area contributed by atoms with E-state index in [-0.39, 0.29) is 23.7 Å². The summed E-state index contributed by atoms with van der Waals surface area (Å²) in [6.07, 6.45) is 3.46. The lowest BCUT2D eigenvalue weighted by Gasteiger charge is -2.30. The van der Waals surface area contributed by atoms with Gasteiger partial charge in [-0.25, -0.2) is 0 Å². The molecule has 0 aliphatic heterocycles. The fourth-order valence-corrected chi connectivity index (χ4v) is 2.79. The van der Waals surface area contributed by atoms with Crippen molar-refractivity contribution in [3.63, 3.8) is 0 Å². The van der Waals surface area contributed by atoms with Gasteiger partial charge in [-0.05, 0) is 30.5 Å². The molecule has 0 unspecified atom stereocenters. The summed E-state index contributed by atoms with van der Waals surface area (Å²) in [5.74, 6) is 0.0251. The van der Waals surface area contributed by atoms with Gasteiger partial charge >= 0.3 is 0 Å². The van der Waals surface area contributed by atoms with Crippen LogP contribution in [0.5, 0.6) is 0 Å². The summed E-state index contributed by atoms with van der Waals surface area (Å²) < 4.78 is 0. The number of rotatable bonds is 3. The fraction of sp³-hybridized carbons (Fsp3) is 0.467. The van der Waals surface area contributed by atoms with Gasteiger partial charge in [0.05, 0.1) is 6.04 Å². The van der Waals surface area contributed by atoms with Crippen molar-refractivity contribution in [1.82, 2.24) is 5.32 Å². The van der Waals surface area contributed by atoms with E-state index in [0.717, 1.165) is 24.8 Å². The van der Waals surface area contributed by atoms with Gasteiger partial charge in [-0.2, -0.15) is 0 Å². The molecule has 3 nitrogen and oxygen atoms in total. The van der Waals surface area contributed by atoms with Gasteiger partial charge in [-0.15, -0.1) is 0 Å². The zero-order valence-corrected chi connectivity index (χ0v) is 11.7. The third kappa shape index (κ3) is 3.57. The van der Waals surface area contributed by atoms with Gasteiger partial charge in [-0.3, -0.25) is 9.59 Å². The van der Waals surface area contributed by atoms with Crippen LogP contribution >= 0.6 is 11.6 Å². The quantitative estimate of drug-likeness (QED) is 0.923. The summed E-state index contributed by atoms with van der Waals surface area (Å²) in [6, 6.07) is 7.11. The Bertz CT molecular complexity index is 470. The molecule has 0 saturated heterocycles. The number of Topliss-reactive ketones (excluding diaryl/α,β-unsaturated/α-hetero) is 1. The summed E-state index contributed by atoms with van der Waals surface area (Å²) in [7, 11) is 0. The largest absolute Gasteiger partial charge is 0.349 e. The van der Waals surface area contributed by atoms with Crippen molar-refractivity contribution in [3.05, 3.63) is 34.9 Å². The number of carbonyl (C=O) groups is 2. The second kappa shape index (κ2) is 6.20. The predicted octanol–water partition coefficient (Wildman–Crippen LogP) is 3.28. The zero-order chi connectivity index (χ0) is 13.8. The van der Waals surface area contributed by atoms with E-state index in [0.29, 0.717) is 11.4 Å². The van der Waals surface area contributed by atoms with E-state index in [1.54, 1.807) is 12.1 Å². The summed E-state index contributed by atoms with van der Waals surface area (Å²) in [4.78, 5) is 23.5. The van der Waals surface area contributed by atoms with E-state index < -0.39 is 0 Å². The Balaban J connectivity index is 2.26. The zero-order valence-electron chi connectivity index (χ0n) is 11.0. The summed E-state index contributed by atoms with van der Waals surface area (Å²) in [5.41, 5.74) is 0.944. The van der Waals surface area contributed by atoms with Crippen LogP contribution in [-0.2, 0) is 9.59 Å². The third-order valence-electron chi connectivity index (χ3n) is 3.59. The van der Waals surface area contributed by atoms with Gasteiger partial charge in [0.25, 0.3) is 0 Å². The summed E-state index contributed by atoms with van der Waals surface area (Å²) in [6.45, 7) is 1.48. The smallest absolute Gasteiger partial charge is 0.217 e. The lowest BCUT2D eigenvalue weighted by Crippen LogP contribution is -2.37. The molecule has 1 saturated carbocycles. The maximum absolute atomic E-state index is 12.1. The Hall–Kier alpha value is -1.35. The average molecular weight is 280 g/mol. The molecular weight excluding hydrogens is 262 g/mol. The average Bonchev–Trinajstić information content (AvgIpc) is 2.38. The van der Waals surface area contributed by atoms with Crippen molar-refractivity contribution in [2.45, 2.75) is 38.6 Å². The minimum absolute atomic E-state index is 0.112. The van der Waals surface area contributed by atoms with E-state index in [1.807, 2.05) is 12.1 Å². The van der Waals surface area contributed by atoms with E-state index in [2.05, 4.69) is 5.32 Å². The monoisotopic (exact) mass is 279 g/mol. The third-order valence-corrected chi connectivity index (χ3v) is 3.84. The van der Waals surface area contributed by atoms with Gasteiger partial charge in [0.15, 0.2) is 0 Å². The van der Waals surface area contributed by atoms with Gasteiger partial charge < -0.3 is 5.32 Å². The molecule has 4 heteroatoms. The Morgan fingerprint density at radius 2 is 2.00 bits per heavy atom. The highest BCUT2D eigenvalue weighted by molar-refractivity contribution is 6.30. The van der Waals surface area contributed by atoms with Crippen LogP contribution in [0.1, 0.15) is 44.2 Å². The predicted molar refractivity (Wildman–Crippen MR) is 75.0 cm³/mol. The van der Waals surface area contributed by atoms with Gasteiger partial charge in [0, 0.05) is 24.3 Å². The highest BCUT2D eigenvalue weighted by Gasteiger charge is 2.31.